The third-order valence-corrected chi connectivity index (χ3v) is 4.42. The molecule has 3 nitrogen and oxygen atoms in total. The number of fused-ring (bicyclic) bond motifs is 1. The molecule has 21 heavy (non-hydrogen) atoms. The van der Waals surface area contributed by atoms with E-state index in [4.69, 9.17) is 28.2 Å². The summed E-state index contributed by atoms with van der Waals surface area (Å²) in [5.41, 5.74) is 3.45. The van der Waals surface area contributed by atoms with Gasteiger partial charge in [-0.3, -0.25) is 0 Å². The van der Waals surface area contributed by atoms with E-state index in [9.17, 15) is 0 Å². The van der Waals surface area contributed by atoms with Gasteiger partial charge >= 0.3 is 0 Å². The summed E-state index contributed by atoms with van der Waals surface area (Å²) in [5, 5.41) is 4.51. The molecule has 0 radical (unpaired) electrons. The molecule has 3 rings (SSSR count). The van der Waals surface area contributed by atoms with Crippen LogP contribution in [0.1, 0.15) is 35.5 Å². The Morgan fingerprint density at radius 1 is 1.14 bits per heavy atom. The van der Waals surface area contributed by atoms with E-state index in [1.165, 1.54) is 24.1 Å². The molecule has 110 valence electrons. The maximum Gasteiger partial charge on any atom is 0.135 e. The van der Waals surface area contributed by atoms with Gasteiger partial charge in [0.2, 0.25) is 0 Å². The van der Waals surface area contributed by atoms with Crippen LogP contribution in [0.4, 0.5) is 5.82 Å². The Kier molecular flexibility index (Phi) is 4.32. The van der Waals surface area contributed by atoms with Gasteiger partial charge in [-0.15, -0.1) is 0 Å². The van der Waals surface area contributed by atoms with E-state index in [2.05, 4.69) is 10.3 Å². The van der Waals surface area contributed by atoms with Crippen LogP contribution < -0.4 is 5.32 Å². The van der Waals surface area contributed by atoms with Crippen molar-refractivity contribution in [1.82, 2.24) is 9.97 Å². The first-order valence-electron chi connectivity index (χ1n) is 7.17. The van der Waals surface area contributed by atoms with Gasteiger partial charge in [0.25, 0.3) is 0 Å². The maximum atomic E-state index is 6.24. The van der Waals surface area contributed by atoms with E-state index in [1.54, 1.807) is 6.07 Å². The molecule has 0 aliphatic heterocycles. The monoisotopic (exact) mass is 321 g/mol. The van der Waals surface area contributed by atoms with Gasteiger partial charge in [-0.1, -0.05) is 29.3 Å². The van der Waals surface area contributed by atoms with Crippen LogP contribution in [0.3, 0.4) is 0 Å². The predicted octanol–water partition coefficient (Wildman–Crippen LogP) is 4.29. The van der Waals surface area contributed by atoms with Crippen molar-refractivity contribution in [3.05, 3.63) is 50.9 Å². The van der Waals surface area contributed by atoms with Gasteiger partial charge in [0, 0.05) is 34.8 Å². The number of nitrogens with zero attached hydrogens (tertiary/aromatic N) is 2. The fourth-order valence-electron chi connectivity index (χ4n) is 2.77. The predicted molar refractivity (Wildman–Crippen MR) is 87.5 cm³/mol. The lowest BCUT2D eigenvalue weighted by molar-refractivity contribution is 0.657. The van der Waals surface area contributed by atoms with E-state index < -0.39 is 0 Å². The van der Waals surface area contributed by atoms with Crippen LogP contribution >= 0.6 is 23.2 Å². The zero-order valence-corrected chi connectivity index (χ0v) is 13.4. The Bertz CT molecular complexity index is 654. The highest BCUT2D eigenvalue weighted by atomic mass is 35.5. The summed E-state index contributed by atoms with van der Waals surface area (Å²) in [5.74, 6) is 1.77. The second kappa shape index (κ2) is 6.20. The number of halogens is 2. The number of rotatable bonds is 3. The topological polar surface area (TPSA) is 37.8 Å². The minimum atomic E-state index is 0.623. The summed E-state index contributed by atoms with van der Waals surface area (Å²) in [6.07, 6.45) is 5.14. The second-order valence-corrected chi connectivity index (χ2v) is 6.13. The van der Waals surface area contributed by atoms with Crippen LogP contribution in [-0.4, -0.2) is 17.0 Å². The van der Waals surface area contributed by atoms with Gasteiger partial charge in [-0.05, 0) is 43.4 Å². The van der Waals surface area contributed by atoms with Crippen molar-refractivity contribution in [3.63, 3.8) is 0 Å². The van der Waals surface area contributed by atoms with Crippen LogP contribution in [-0.2, 0) is 19.3 Å². The molecule has 0 spiro atoms. The quantitative estimate of drug-likeness (QED) is 0.916. The molecule has 0 saturated heterocycles. The van der Waals surface area contributed by atoms with E-state index in [-0.39, 0.29) is 0 Å². The lowest BCUT2D eigenvalue weighted by atomic mass is 9.96. The van der Waals surface area contributed by atoms with Gasteiger partial charge in [0.1, 0.15) is 11.6 Å². The summed E-state index contributed by atoms with van der Waals surface area (Å²) in [6.45, 7) is 0. The van der Waals surface area contributed by atoms with Crippen molar-refractivity contribution in [2.75, 3.05) is 12.4 Å². The lowest BCUT2D eigenvalue weighted by Gasteiger charge is -2.19. The van der Waals surface area contributed by atoms with Crippen molar-refractivity contribution in [2.24, 2.45) is 0 Å². The molecule has 1 heterocycles. The van der Waals surface area contributed by atoms with Crippen molar-refractivity contribution in [1.29, 1.82) is 0 Å². The fraction of sp³-hybridized carbons (Fsp3) is 0.375. The molecule has 1 N–H and O–H groups in total. The molecular weight excluding hydrogens is 305 g/mol. The number of aromatic nitrogens is 2. The van der Waals surface area contributed by atoms with Crippen LogP contribution in [0.5, 0.6) is 0 Å². The van der Waals surface area contributed by atoms with Crippen LogP contribution in [0, 0.1) is 0 Å². The standard InChI is InChI=1S/C16H17Cl2N3/c1-19-16-12-4-2-3-5-14(12)20-15(21-16)8-10-6-7-11(17)9-13(10)18/h6-7,9H,2-5,8H2,1H3,(H,19,20,21). The van der Waals surface area contributed by atoms with E-state index in [0.29, 0.717) is 16.5 Å². The number of hydrogen-bond donors (Lipinski definition) is 1. The third kappa shape index (κ3) is 3.14. The smallest absolute Gasteiger partial charge is 0.135 e. The normalized spacial score (nSPS) is 13.9. The first-order valence-corrected chi connectivity index (χ1v) is 7.93. The maximum absolute atomic E-state index is 6.24. The van der Waals surface area contributed by atoms with Crippen LogP contribution in [0.15, 0.2) is 18.2 Å². The summed E-state index contributed by atoms with van der Waals surface area (Å²) in [7, 11) is 1.91. The molecule has 0 bridgehead atoms. The van der Waals surface area contributed by atoms with E-state index >= 15 is 0 Å². The first-order chi connectivity index (χ1) is 10.2. The highest BCUT2D eigenvalue weighted by Crippen LogP contribution is 2.27. The van der Waals surface area contributed by atoms with Crippen LogP contribution in [0.25, 0.3) is 0 Å². The zero-order valence-electron chi connectivity index (χ0n) is 11.9. The molecule has 0 saturated carbocycles. The Balaban J connectivity index is 1.95. The Labute approximate surface area is 134 Å². The van der Waals surface area contributed by atoms with Crippen LogP contribution in [0.2, 0.25) is 10.0 Å². The fourth-order valence-corrected chi connectivity index (χ4v) is 3.24. The highest BCUT2D eigenvalue weighted by Gasteiger charge is 2.17. The summed E-state index contributed by atoms with van der Waals surface area (Å²) in [6, 6.07) is 5.54. The van der Waals surface area contributed by atoms with Gasteiger partial charge in [0.05, 0.1) is 0 Å². The first kappa shape index (κ1) is 14.6. The van der Waals surface area contributed by atoms with E-state index in [0.717, 1.165) is 30.0 Å². The van der Waals surface area contributed by atoms with Gasteiger partial charge in [-0.2, -0.15) is 0 Å². The summed E-state index contributed by atoms with van der Waals surface area (Å²) in [4.78, 5) is 9.39. The molecule has 1 aromatic carbocycles. The zero-order chi connectivity index (χ0) is 14.8. The third-order valence-electron chi connectivity index (χ3n) is 3.83. The average molecular weight is 322 g/mol. The average Bonchev–Trinajstić information content (AvgIpc) is 2.49. The Morgan fingerprint density at radius 3 is 2.71 bits per heavy atom. The van der Waals surface area contributed by atoms with E-state index in [1.807, 2.05) is 19.2 Å². The highest BCUT2D eigenvalue weighted by molar-refractivity contribution is 6.35. The molecule has 0 atom stereocenters. The number of anilines is 1. The summed E-state index contributed by atoms with van der Waals surface area (Å²) < 4.78 is 0. The van der Waals surface area contributed by atoms with Crippen molar-refractivity contribution < 1.29 is 0 Å². The van der Waals surface area contributed by atoms with Gasteiger partial charge in [-0.25, -0.2) is 9.97 Å². The number of benzene rings is 1. The number of aryl methyl sites for hydroxylation is 1. The Morgan fingerprint density at radius 2 is 1.95 bits per heavy atom. The molecule has 0 fully saturated rings. The molecule has 1 aliphatic rings. The minimum absolute atomic E-state index is 0.623. The number of nitrogens with one attached hydrogen (secondary N) is 1. The molecule has 0 unspecified atom stereocenters. The molecule has 1 aromatic heterocycles. The molecule has 1 aliphatic carbocycles. The van der Waals surface area contributed by atoms with Crippen molar-refractivity contribution in [2.45, 2.75) is 32.1 Å². The molecule has 5 heteroatoms. The summed E-state index contributed by atoms with van der Waals surface area (Å²) >= 11 is 12.2. The van der Waals surface area contributed by atoms with Gasteiger partial charge < -0.3 is 5.32 Å². The molecular formula is C16H17Cl2N3. The van der Waals surface area contributed by atoms with Gasteiger partial charge in [0.15, 0.2) is 0 Å². The number of hydrogen-bond acceptors (Lipinski definition) is 3. The second-order valence-electron chi connectivity index (χ2n) is 5.28. The molecule has 2 aromatic rings. The lowest BCUT2D eigenvalue weighted by Crippen LogP contribution is -2.13. The largest absolute Gasteiger partial charge is 0.373 e. The van der Waals surface area contributed by atoms with Crippen molar-refractivity contribution >= 4 is 29.0 Å². The van der Waals surface area contributed by atoms with Crippen molar-refractivity contribution in [3.8, 4) is 0 Å². The SMILES string of the molecule is CNc1nc(Cc2ccc(Cl)cc2Cl)nc2c1CCCC2. The molecule has 0 amide bonds. The minimum Gasteiger partial charge on any atom is -0.373 e. The Hall–Kier alpha value is -1.32.